The number of aryl methyl sites for hydroxylation is 1. The summed E-state index contributed by atoms with van der Waals surface area (Å²) in [6.07, 6.45) is 1.19. The molecule has 0 unspecified atom stereocenters. The lowest BCUT2D eigenvalue weighted by Crippen LogP contribution is -2.24. The summed E-state index contributed by atoms with van der Waals surface area (Å²) in [6, 6.07) is 11.3. The topological polar surface area (TPSA) is 51.2 Å². The number of hydrogen-bond donors (Lipinski definition) is 1. The number of carbonyl (C=O) groups excluding carboxylic acids is 1. The van der Waals surface area contributed by atoms with Crippen LogP contribution in [0.1, 0.15) is 16.7 Å². The van der Waals surface area contributed by atoms with Crippen LogP contribution in [-0.4, -0.2) is 11.1 Å². The molecular formula is C15H15ClN2O2. The molecule has 0 aliphatic rings. The molecule has 0 fully saturated rings. The largest absolute Gasteiger partial charge is 0.445 e. The molecule has 2 rings (SSSR count). The van der Waals surface area contributed by atoms with Crippen molar-refractivity contribution < 1.29 is 9.53 Å². The Morgan fingerprint density at radius 2 is 2.10 bits per heavy atom. The van der Waals surface area contributed by atoms with Crippen molar-refractivity contribution in [2.75, 3.05) is 0 Å². The molecule has 0 spiro atoms. The molecule has 0 aliphatic heterocycles. The van der Waals surface area contributed by atoms with Crippen molar-refractivity contribution in [3.63, 3.8) is 0 Å². The summed E-state index contributed by atoms with van der Waals surface area (Å²) in [5.74, 6) is 0. The van der Waals surface area contributed by atoms with E-state index in [0.29, 0.717) is 11.7 Å². The number of halogens is 1. The van der Waals surface area contributed by atoms with Gasteiger partial charge in [-0.15, -0.1) is 0 Å². The molecule has 0 bridgehead atoms. The quantitative estimate of drug-likeness (QED) is 0.877. The number of alkyl carbamates (subject to hydrolysis) is 1. The minimum atomic E-state index is -0.455. The number of pyridine rings is 1. The molecule has 4 nitrogen and oxygen atoms in total. The van der Waals surface area contributed by atoms with E-state index in [2.05, 4.69) is 10.3 Å². The van der Waals surface area contributed by atoms with Crippen LogP contribution < -0.4 is 5.32 Å². The highest BCUT2D eigenvalue weighted by molar-refractivity contribution is 6.29. The number of rotatable bonds is 4. The number of amides is 1. The summed E-state index contributed by atoms with van der Waals surface area (Å²) in [5.41, 5.74) is 2.84. The van der Waals surface area contributed by atoms with E-state index in [0.717, 1.165) is 16.7 Å². The van der Waals surface area contributed by atoms with E-state index in [1.54, 1.807) is 12.3 Å². The third kappa shape index (κ3) is 4.24. The minimum absolute atomic E-state index is 0.254. The average Bonchev–Trinajstić information content (AvgIpc) is 2.45. The highest BCUT2D eigenvalue weighted by Crippen LogP contribution is 2.11. The zero-order valence-corrected chi connectivity index (χ0v) is 11.9. The molecule has 2 aromatic rings. The van der Waals surface area contributed by atoms with Crippen molar-refractivity contribution in [3.8, 4) is 0 Å². The lowest BCUT2D eigenvalue weighted by atomic mass is 10.2. The van der Waals surface area contributed by atoms with Gasteiger partial charge in [0.05, 0.1) is 0 Å². The molecule has 0 atom stereocenters. The molecule has 1 heterocycles. The molecule has 0 saturated heterocycles. The Hall–Kier alpha value is -2.07. The van der Waals surface area contributed by atoms with Crippen LogP contribution >= 0.6 is 11.6 Å². The number of nitrogens with one attached hydrogen (secondary N) is 1. The summed E-state index contributed by atoms with van der Waals surface area (Å²) in [6.45, 7) is 2.54. The van der Waals surface area contributed by atoms with Gasteiger partial charge in [-0.25, -0.2) is 9.78 Å². The zero-order valence-electron chi connectivity index (χ0n) is 11.1. The van der Waals surface area contributed by atoms with Crippen LogP contribution in [0.3, 0.4) is 0 Å². The fourth-order valence-electron chi connectivity index (χ4n) is 1.68. The van der Waals surface area contributed by atoms with Gasteiger partial charge in [-0.3, -0.25) is 0 Å². The first-order valence-electron chi connectivity index (χ1n) is 6.21. The smallest absolute Gasteiger partial charge is 0.407 e. The van der Waals surface area contributed by atoms with Crippen LogP contribution in [0, 0.1) is 6.92 Å². The van der Waals surface area contributed by atoms with Crippen molar-refractivity contribution in [2.24, 2.45) is 0 Å². The van der Waals surface area contributed by atoms with Crippen LogP contribution in [0.25, 0.3) is 0 Å². The fourth-order valence-corrected chi connectivity index (χ4v) is 1.89. The second kappa shape index (κ2) is 6.91. The molecule has 0 aliphatic carbocycles. The van der Waals surface area contributed by atoms with Crippen molar-refractivity contribution in [3.05, 3.63) is 64.4 Å². The first kappa shape index (κ1) is 14.3. The molecule has 5 heteroatoms. The van der Waals surface area contributed by atoms with E-state index in [9.17, 15) is 4.79 Å². The summed E-state index contributed by atoms with van der Waals surface area (Å²) in [5, 5.41) is 3.13. The standard InChI is InChI=1S/C15H15ClN2O2/c1-11-7-14(16)17-8-13(11)9-18-15(19)20-10-12-5-3-2-4-6-12/h2-8H,9-10H2,1H3,(H,18,19). The molecule has 104 valence electrons. The average molecular weight is 291 g/mol. The number of aromatic nitrogens is 1. The number of ether oxygens (including phenoxy) is 1. The van der Waals surface area contributed by atoms with Crippen LogP contribution in [-0.2, 0) is 17.9 Å². The van der Waals surface area contributed by atoms with E-state index >= 15 is 0 Å². The number of benzene rings is 1. The Labute approximate surface area is 122 Å². The SMILES string of the molecule is Cc1cc(Cl)ncc1CNC(=O)OCc1ccccc1. The normalized spacial score (nSPS) is 10.1. The van der Waals surface area contributed by atoms with Gasteiger partial charge in [0.1, 0.15) is 11.8 Å². The van der Waals surface area contributed by atoms with Gasteiger partial charge in [-0.05, 0) is 29.7 Å². The Kier molecular flexibility index (Phi) is 4.96. The van der Waals surface area contributed by atoms with Crippen LogP contribution in [0.15, 0.2) is 42.6 Å². The summed E-state index contributed by atoms with van der Waals surface area (Å²) < 4.78 is 5.12. The highest BCUT2D eigenvalue weighted by Gasteiger charge is 2.05. The second-order valence-electron chi connectivity index (χ2n) is 4.35. The minimum Gasteiger partial charge on any atom is -0.445 e. The van der Waals surface area contributed by atoms with E-state index < -0.39 is 6.09 Å². The molecular weight excluding hydrogens is 276 g/mol. The van der Waals surface area contributed by atoms with Crippen molar-refractivity contribution in [1.82, 2.24) is 10.3 Å². The predicted octanol–water partition coefficient (Wildman–Crippen LogP) is 3.47. The Balaban J connectivity index is 1.80. The van der Waals surface area contributed by atoms with Crippen molar-refractivity contribution in [2.45, 2.75) is 20.1 Å². The zero-order chi connectivity index (χ0) is 14.4. The van der Waals surface area contributed by atoms with Crippen LogP contribution in [0.2, 0.25) is 5.15 Å². The predicted molar refractivity (Wildman–Crippen MR) is 77.5 cm³/mol. The monoisotopic (exact) mass is 290 g/mol. The summed E-state index contributed by atoms with van der Waals surface area (Å²) in [7, 11) is 0. The summed E-state index contributed by atoms with van der Waals surface area (Å²) in [4.78, 5) is 15.6. The summed E-state index contributed by atoms with van der Waals surface area (Å²) >= 11 is 5.77. The third-order valence-corrected chi connectivity index (χ3v) is 3.03. The van der Waals surface area contributed by atoms with Gasteiger partial charge in [0.25, 0.3) is 0 Å². The molecule has 1 N–H and O–H groups in total. The van der Waals surface area contributed by atoms with Crippen molar-refractivity contribution in [1.29, 1.82) is 0 Å². The van der Waals surface area contributed by atoms with Gasteiger partial charge in [-0.1, -0.05) is 41.9 Å². The first-order chi connectivity index (χ1) is 9.65. The van der Waals surface area contributed by atoms with Gasteiger partial charge in [0, 0.05) is 12.7 Å². The maximum atomic E-state index is 11.6. The van der Waals surface area contributed by atoms with E-state index in [-0.39, 0.29) is 6.61 Å². The maximum absolute atomic E-state index is 11.6. The van der Waals surface area contributed by atoms with Gasteiger partial charge in [0.15, 0.2) is 0 Å². The Bertz CT molecular complexity index is 588. The van der Waals surface area contributed by atoms with Gasteiger partial charge in [0.2, 0.25) is 0 Å². The molecule has 0 radical (unpaired) electrons. The number of carbonyl (C=O) groups is 1. The van der Waals surface area contributed by atoms with Gasteiger partial charge in [-0.2, -0.15) is 0 Å². The number of hydrogen-bond acceptors (Lipinski definition) is 3. The molecule has 1 amide bonds. The van der Waals surface area contributed by atoms with Gasteiger partial charge >= 0.3 is 6.09 Å². The molecule has 1 aromatic carbocycles. The lowest BCUT2D eigenvalue weighted by Gasteiger charge is -2.09. The lowest BCUT2D eigenvalue weighted by molar-refractivity contribution is 0.139. The maximum Gasteiger partial charge on any atom is 0.407 e. The van der Waals surface area contributed by atoms with Gasteiger partial charge < -0.3 is 10.1 Å². The Morgan fingerprint density at radius 3 is 2.80 bits per heavy atom. The molecule has 1 aromatic heterocycles. The van der Waals surface area contributed by atoms with Crippen LogP contribution in [0.4, 0.5) is 4.79 Å². The van der Waals surface area contributed by atoms with Crippen molar-refractivity contribution >= 4 is 17.7 Å². The second-order valence-corrected chi connectivity index (χ2v) is 4.74. The molecule has 0 saturated carbocycles. The first-order valence-corrected chi connectivity index (χ1v) is 6.58. The van der Waals surface area contributed by atoms with Crippen LogP contribution in [0.5, 0.6) is 0 Å². The van der Waals surface area contributed by atoms with E-state index in [1.165, 1.54) is 0 Å². The fraction of sp³-hybridized carbons (Fsp3) is 0.200. The Morgan fingerprint density at radius 1 is 1.35 bits per heavy atom. The highest BCUT2D eigenvalue weighted by atomic mass is 35.5. The number of nitrogens with zero attached hydrogens (tertiary/aromatic N) is 1. The molecule has 20 heavy (non-hydrogen) atoms. The van der Waals surface area contributed by atoms with E-state index in [1.807, 2.05) is 37.3 Å². The van der Waals surface area contributed by atoms with E-state index in [4.69, 9.17) is 16.3 Å². The third-order valence-electron chi connectivity index (χ3n) is 2.82.